The van der Waals surface area contributed by atoms with Gasteiger partial charge >= 0.3 is 0 Å². The van der Waals surface area contributed by atoms with E-state index < -0.39 is 5.97 Å². The first kappa shape index (κ1) is 8.30. The molecule has 0 aliphatic heterocycles. The summed E-state index contributed by atoms with van der Waals surface area (Å²) in [5.74, 6) is -1.20. The van der Waals surface area contributed by atoms with Gasteiger partial charge in [-0.25, -0.2) is 0 Å². The lowest BCUT2D eigenvalue weighted by molar-refractivity contribution is 0.800. The van der Waals surface area contributed by atoms with Crippen LogP contribution in [0.3, 0.4) is 0 Å². The highest BCUT2D eigenvalue weighted by Gasteiger charge is 2.01. The molecule has 0 aliphatic carbocycles. The molecule has 0 atom stereocenters. The summed E-state index contributed by atoms with van der Waals surface area (Å²) in [4.78, 5) is 0. The summed E-state index contributed by atoms with van der Waals surface area (Å²) < 4.78 is 11.8. The summed E-state index contributed by atoms with van der Waals surface area (Å²) in [7, 11) is 0. The van der Waals surface area contributed by atoms with Crippen molar-refractivity contribution in [1.29, 1.82) is 10.8 Å². The van der Waals surface area contributed by atoms with Crippen LogP contribution in [0.5, 0.6) is 0 Å². The molecule has 0 aromatic carbocycles. The molecule has 2 nitrogen and oxygen atoms in total. The zero-order valence-corrected chi connectivity index (χ0v) is 5.59. The zero-order chi connectivity index (χ0) is 7.44. The molecule has 2 N–H and O–H groups in total. The second kappa shape index (κ2) is 3.35. The van der Waals surface area contributed by atoms with Crippen LogP contribution in [0.15, 0.2) is 10.6 Å². The first-order chi connectivity index (χ1) is 4.09. The molecule has 0 saturated heterocycles. The predicted molar refractivity (Wildman–Crippen MR) is 36.2 cm³/mol. The molecule has 0 aliphatic rings. The Labute approximate surface area is 57.3 Å². The Balaban J connectivity index is 4.47. The van der Waals surface area contributed by atoms with Crippen molar-refractivity contribution in [3.05, 3.63) is 10.6 Å². The maximum atomic E-state index is 11.8. The molecule has 0 fully saturated rings. The lowest BCUT2D eigenvalue weighted by Crippen LogP contribution is -1.90. The van der Waals surface area contributed by atoms with E-state index in [1.54, 1.807) is 0 Å². The molecular weight excluding hydrogens is 143 g/mol. The Bertz CT molecular complexity index is 174. The Morgan fingerprint density at radius 2 is 2.11 bits per heavy atom. The summed E-state index contributed by atoms with van der Waals surface area (Å²) in [5, 5.41) is 12.7. The molecule has 0 unspecified atom stereocenters. The van der Waals surface area contributed by atoms with Crippen LogP contribution in [0.1, 0.15) is 6.92 Å². The van der Waals surface area contributed by atoms with Crippen molar-refractivity contribution in [2.75, 3.05) is 0 Å². The van der Waals surface area contributed by atoms with Gasteiger partial charge in [0.25, 0.3) is 0 Å². The third-order valence-electron chi connectivity index (χ3n) is 0.755. The monoisotopic (exact) mass is 148 g/mol. The molecule has 4 heteroatoms. The van der Waals surface area contributed by atoms with Crippen LogP contribution in [-0.4, -0.2) is 12.2 Å². The average molecular weight is 149 g/mol. The van der Waals surface area contributed by atoms with Gasteiger partial charge in [0.2, 0.25) is 5.97 Å². The van der Waals surface area contributed by atoms with Crippen molar-refractivity contribution in [3.8, 4) is 0 Å². The van der Waals surface area contributed by atoms with Gasteiger partial charge in [0.15, 0.2) is 0 Å². The first-order valence-corrected chi connectivity index (χ1v) is 2.58. The fourth-order valence-corrected chi connectivity index (χ4v) is 0.291. The number of hydrogen-bond acceptors (Lipinski definition) is 2. The molecule has 0 radical (unpaired) electrons. The Morgan fingerprint density at radius 1 is 1.67 bits per heavy atom. The van der Waals surface area contributed by atoms with Crippen LogP contribution in [0.2, 0.25) is 0 Å². The number of allylic oxidation sites excluding steroid dienone is 2. The number of halogens is 2. The van der Waals surface area contributed by atoms with Gasteiger partial charge in [0, 0.05) is 6.21 Å². The Hall–Kier alpha value is -0.700. The van der Waals surface area contributed by atoms with Gasteiger partial charge in [-0.1, -0.05) is 11.6 Å². The van der Waals surface area contributed by atoms with Crippen molar-refractivity contribution < 1.29 is 4.39 Å². The van der Waals surface area contributed by atoms with Crippen molar-refractivity contribution in [1.82, 2.24) is 0 Å². The first-order valence-electron chi connectivity index (χ1n) is 2.21. The second-order valence-electron chi connectivity index (χ2n) is 1.46. The van der Waals surface area contributed by atoms with Gasteiger partial charge < -0.3 is 5.41 Å². The van der Waals surface area contributed by atoms with Crippen LogP contribution < -0.4 is 0 Å². The minimum absolute atomic E-state index is 0.254. The van der Waals surface area contributed by atoms with Crippen LogP contribution in [0.4, 0.5) is 4.39 Å². The highest BCUT2D eigenvalue weighted by Crippen LogP contribution is 2.08. The lowest BCUT2D eigenvalue weighted by Gasteiger charge is -1.91. The smallest absolute Gasteiger partial charge is 0.224 e. The number of rotatable bonds is 2. The average Bonchev–Trinajstić information content (AvgIpc) is 1.84. The Morgan fingerprint density at radius 3 is 2.22 bits per heavy atom. The van der Waals surface area contributed by atoms with Gasteiger partial charge in [0.1, 0.15) is 0 Å². The third-order valence-corrected chi connectivity index (χ3v) is 1.22. The van der Waals surface area contributed by atoms with Gasteiger partial charge in [-0.05, 0) is 12.5 Å². The molecular formula is C5H6ClFN2. The van der Waals surface area contributed by atoms with Crippen LogP contribution in [-0.2, 0) is 0 Å². The fraction of sp³-hybridized carbons (Fsp3) is 0.200. The third kappa shape index (κ3) is 2.37. The summed E-state index contributed by atoms with van der Waals surface area (Å²) in [6.45, 7) is 1.46. The molecule has 9 heavy (non-hydrogen) atoms. The van der Waals surface area contributed by atoms with Crippen molar-refractivity contribution >= 4 is 23.8 Å². The van der Waals surface area contributed by atoms with E-state index in [-0.39, 0.29) is 10.6 Å². The quantitative estimate of drug-likeness (QED) is 0.564. The molecule has 0 heterocycles. The standard InChI is InChI=1S/C5H6ClFN2/c1-3(2-8)4(6)5(7)9/h2,8-9H,1H3/b4-3+,8-2?,9-5?. The van der Waals surface area contributed by atoms with Gasteiger partial charge in [-0.3, -0.25) is 5.41 Å². The summed E-state index contributed by atoms with van der Waals surface area (Å²) in [6.07, 6.45) is 0.899. The van der Waals surface area contributed by atoms with Gasteiger partial charge in [-0.15, -0.1) is 0 Å². The van der Waals surface area contributed by atoms with E-state index in [9.17, 15) is 4.39 Å². The highest BCUT2D eigenvalue weighted by molar-refractivity contribution is 6.43. The lowest BCUT2D eigenvalue weighted by atomic mass is 10.3. The van der Waals surface area contributed by atoms with Crippen molar-refractivity contribution in [2.24, 2.45) is 0 Å². The summed E-state index contributed by atoms with van der Waals surface area (Å²) in [5.41, 5.74) is 0.254. The van der Waals surface area contributed by atoms with Crippen molar-refractivity contribution in [2.45, 2.75) is 6.92 Å². The molecule has 50 valence electrons. The second-order valence-corrected chi connectivity index (χ2v) is 1.83. The minimum atomic E-state index is -1.20. The predicted octanol–water partition coefficient (Wildman–Crippen LogP) is 2.10. The van der Waals surface area contributed by atoms with Gasteiger partial charge in [0.05, 0.1) is 5.03 Å². The summed E-state index contributed by atoms with van der Waals surface area (Å²) in [6, 6.07) is 0. The van der Waals surface area contributed by atoms with Crippen LogP contribution in [0, 0.1) is 10.8 Å². The normalized spacial score (nSPS) is 12.3. The summed E-state index contributed by atoms with van der Waals surface area (Å²) >= 11 is 5.20. The maximum absolute atomic E-state index is 11.8. The SMILES string of the molecule is C/C(C=N)=C(\Cl)C(=N)F. The molecule has 0 bridgehead atoms. The molecule has 0 aromatic heterocycles. The van der Waals surface area contributed by atoms with Crippen molar-refractivity contribution in [3.63, 3.8) is 0 Å². The van der Waals surface area contributed by atoms with E-state index >= 15 is 0 Å². The molecule has 0 amide bonds. The van der Waals surface area contributed by atoms with E-state index in [0.29, 0.717) is 0 Å². The van der Waals surface area contributed by atoms with Gasteiger partial charge in [-0.2, -0.15) is 4.39 Å². The topological polar surface area (TPSA) is 47.7 Å². The minimum Gasteiger partial charge on any atom is -0.308 e. The molecule has 0 aromatic rings. The molecule has 0 saturated carbocycles. The van der Waals surface area contributed by atoms with E-state index in [1.807, 2.05) is 0 Å². The van der Waals surface area contributed by atoms with E-state index in [4.69, 9.17) is 22.4 Å². The van der Waals surface area contributed by atoms with E-state index in [0.717, 1.165) is 6.21 Å². The number of hydrogen-bond donors (Lipinski definition) is 2. The molecule has 0 spiro atoms. The largest absolute Gasteiger partial charge is 0.308 e. The maximum Gasteiger partial charge on any atom is 0.224 e. The van der Waals surface area contributed by atoms with E-state index in [2.05, 4.69) is 0 Å². The Kier molecular flexibility index (Phi) is 3.09. The van der Waals surface area contributed by atoms with E-state index in [1.165, 1.54) is 6.92 Å². The number of nitrogens with one attached hydrogen (secondary N) is 2. The fourth-order valence-electron chi connectivity index (χ4n) is 0.236. The highest BCUT2D eigenvalue weighted by atomic mass is 35.5. The van der Waals surface area contributed by atoms with Crippen LogP contribution in [0.25, 0.3) is 0 Å². The zero-order valence-electron chi connectivity index (χ0n) is 4.83. The molecule has 0 rings (SSSR count). The van der Waals surface area contributed by atoms with Crippen LogP contribution >= 0.6 is 11.6 Å².